The van der Waals surface area contributed by atoms with Crippen molar-refractivity contribution in [1.82, 2.24) is 19.9 Å². The number of nitrogens with zero attached hydrogens (tertiary/aromatic N) is 3. The molecule has 0 bridgehead atoms. The Kier molecular flexibility index (Phi) is 8.41. The molecule has 0 aliphatic carbocycles. The molecule has 164 valence electrons. The van der Waals surface area contributed by atoms with Gasteiger partial charge in [0.25, 0.3) is 0 Å². The standard InChI is InChI=1S/C18H31N5O4S2/c1-6-27-17(24)15-12(2)21-16(28-15)13(3)22-18(19-4)20-11-14-7-9-23(10-8-14)29(5,25)26/h13-14H,6-11H2,1-5H3,(H2,19,20,22). The first-order chi connectivity index (χ1) is 13.7. The summed E-state index contributed by atoms with van der Waals surface area (Å²) in [5.41, 5.74) is 0.665. The molecule has 29 heavy (non-hydrogen) atoms. The zero-order chi connectivity index (χ0) is 21.6. The SMILES string of the molecule is CCOC(=O)c1sc(C(C)NC(=NC)NCC2CCN(S(C)(=O)=O)CC2)nc1C. The van der Waals surface area contributed by atoms with Gasteiger partial charge in [-0.05, 0) is 39.5 Å². The molecule has 1 saturated heterocycles. The monoisotopic (exact) mass is 445 g/mol. The van der Waals surface area contributed by atoms with Crippen molar-refractivity contribution in [2.45, 2.75) is 39.7 Å². The Morgan fingerprint density at radius 1 is 1.41 bits per heavy atom. The Hall–Kier alpha value is -1.72. The van der Waals surface area contributed by atoms with Crippen LogP contribution >= 0.6 is 11.3 Å². The Bertz CT molecular complexity index is 829. The molecule has 1 aromatic rings. The molecule has 1 fully saturated rings. The fourth-order valence-corrected chi connectivity index (χ4v) is 4.97. The summed E-state index contributed by atoms with van der Waals surface area (Å²) >= 11 is 1.32. The normalized spacial score (nSPS) is 17.8. The second-order valence-corrected chi connectivity index (χ2v) is 10.1. The zero-order valence-electron chi connectivity index (χ0n) is 17.7. The van der Waals surface area contributed by atoms with E-state index in [0.717, 1.165) is 24.4 Å². The number of piperidine rings is 1. The van der Waals surface area contributed by atoms with Crippen molar-refractivity contribution >= 4 is 33.3 Å². The van der Waals surface area contributed by atoms with Gasteiger partial charge in [0, 0.05) is 26.7 Å². The van der Waals surface area contributed by atoms with Crippen LogP contribution in [-0.2, 0) is 14.8 Å². The van der Waals surface area contributed by atoms with Gasteiger partial charge >= 0.3 is 5.97 Å². The van der Waals surface area contributed by atoms with Crippen LogP contribution in [0.3, 0.4) is 0 Å². The highest BCUT2D eigenvalue weighted by Crippen LogP contribution is 2.24. The summed E-state index contributed by atoms with van der Waals surface area (Å²) in [6, 6.07) is -0.125. The molecule has 1 aromatic heterocycles. The topological polar surface area (TPSA) is 113 Å². The van der Waals surface area contributed by atoms with Gasteiger partial charge in [0.05, 0.1) is 24.6 Å². The third-order valence-electron chi connectivity index (χ3n) is 4.82. The fourth-order valence-electron chi connectivity index (χ4n) is 3.14. The second-order valence-electron chi connectivity index (χ2n) is 7.11. The third-order valence-corrected chi connectivity index (χ3v) is 7.45. The number of nitrogens with one attached hydrogen (secondary N) is 2. The van der Waals surface area contributed by atoms with E-state index in [0.29, 0.717) is 42.1 Å². The maximum Gasteiger partial charge on any atom is 0.350 e. The minimum absolute atomic E-state index is 0.125. The Balaban J connectivity index is 1.87. The van der Waals surface area contributed by atoms with Crippen molar-refractivity contribution < 1.29 is 17.9 Å². The lowest BCUT2D eigenvalue weighted by Crippen LogP contribution is -2.44. The van der Waals surface area contributed by atoms with Gasteiger partial charge in [0.1, 0.15) is 9.88 Å². The van der Waals surface area contributed by atoms with Gasteiger partial charge in [0.2, 0.25) is 10.0 Å². The van der Waals surface area contributed by atoms with E-state index in [9.17, 15) is 13.2 Å². The number of aromatic nitrogens is 1. The van der Waals surface area contributed by atoms with E-state index in [2.05, 4.69) is 20.6 Å². The molecule has 1 atom stereocenters. The van der Waals surface area contributed by atoms with E-state index in [-0.39, 0.29) is 12.0 Å². The van der Waals surface area contributed by atoms with Gasteiger partial charge in [-0.15, -0.1) is 11.3 Å². The minimum atomic E-state index is -3.11. The molecule has 11 heteroatoms. The molecule has 0 saturated carbocycles. The average molecular weight is 446 g/mol. The fraction of sp³-hybridized carbons (Fsp3) is 0.722. The van der Waals surface area contributed by atoms with E-state index < -0.39 is 10.0 Å². The van der Waals surface area contributed by atoms with Gasteiger partial charge in [-0.25, -0.2) is 22.5 Å². The van der Waals surface area contributed by atoms with Crippen LogP contribution in [0.1, 0.15) is 53.1 Å². The molecular weight excluding hydrogens is 414 g/mol. The Morgan fingerprint density at radius 3 is 2.62 bits per heavy atom. The number of aliphatic imine (C=N–C) groups is 1. The molecule has 2 rings (SSSR count). The summed E-state index contributed by atoms with van der Waals surface area (Å²) in [4.78, 5) is 21.3. The molecule has 0 amide bonds. The first-order valence-electron chi connectivity index (χ1n) is 9.72. The lowest BCUT2D eigenvalue weighted by atomic mass is 9.98. The summed E-state index contributed by atoms with van der Waals surface area (Å²) in [7, 11) is -1.41. The van der Waals surface area contributed by atoms with E-state index in [1.165, 1.54) is 21.9 Å². The van der Waals surface area contributed by atoms with Crippen LogP contribution in [0.4, 0.5) is 0 Å². The first kappa shape index (κ1) is 23.6. The van der Waals surface area contributed by atoms with Crippen molar-refractivity contribution in [2.75, 3.05) is 39.5 Å². The lowest BCUT2D eigenvalue weighted by molar-refractivity contribution is 0.0531. The van der Waals surface area contributed by atoms with Crippen LogP contribution in [0, 0.1) is 12.8 Å². The highest BCUT2D eigenvalue weighted by atomic mass is 32.2. The van der Waals surface area contributed by atoms with Gasteiger partial charge in [-0.2, -0.15) is 0 Å². The number of esters is 1. The minimum Gasteiger partial charge on any atom is -0.462 e. The van der Waals surface area contributed by atoms with Crippen LogP contribution in [0.15, 0.2) is 4.99 Å². The van der Waals surface area contributed by atoms with E-state index in [1.54, 1.807) is 20.9 Å². The van der Waals surface area contributed by atoms with Crippen LogP contribution < -0.4 is 10.6 Å². The third kappa shape index (κ3) is 6.65. The molecule has 0 spiro atoms. The predicted octanol–water partition coefficient (Wildman–Crippen LogP) is 1.53. The Morgan fingerprint density at radius 2 is 2.07 bits per heavy atom. The number of hydrogen-bond acceptors (Lipinski definition) is 7. The number of sulfonamides is 1. The maximum absolute atomic E-state index is 12.0. The lowest BCUT2D eigenvalue weighted by Gasteiger charge is -2.30. The highest BCUT2D eigenvalue weighted by molar-refractivity contribution is 7.88. The maximum atomic E-state index is 12.0. The quantitative estimate of drug-likeness (QED) is 0.372. The summed E-state index contributed by atoms with van der Waals surface area (Å²) < 4.78 is 29.8. The largest absolute Gasteiger partial charge is 0.462 e. The molecule has 2 N–H and O–H groups in total. The average Bonchev–Trinajstić information content (AvgIpc) is 3.06. The summed E-state index contributed by atoms with van der Waals surface area (Å²) in [5.74, 6) is 0.692. The summed E-state index contributed by atoms with van der Waals surface area (Å²) in [5, 5.41) is 7.40. The smallest absolute Gasteiger partial charge is 0.350 e. The van der Waals surface area contributed by atoms with Crippen molar-refractivity contribution in [1.29, 1.82) is 0 Å². The first-order valence-corrected chi connectivity index (χ1v) is 12.4. The van der Waals surface area contributed by atoms with Gasteiger partial charge < -0.3 is 15.4 Å². The summed E-state index contributed by atoms with van der Waals surface area (Å²) in [6.45, 7) is 7.71. The van der Waals surface area contributed by atoms with Crippen molar-refractivity contribution in [3.05, 3.63) is 15.6 Å². The number of carbonyl (C=O) groups excluding carboxylic acids is 1. The number of guanidine groups is 1. The number of carbonyl (C=O) groups is 1. The molecule has 9 nitrogen and oxygen atoms in total. The number of thiazole rings is 1. The van der Waals surface area contributed by atoms with Crippen molar-refractivity contribution in [2.24, 2.45) is 10.9 Å². The molecule has 1 aliphatic heterocycles. The molecular formula is C18H31N5O4S2. The van der Waals surface area contributed by atoms with Crippen LogP contribution in [0.2, 0.25) is 0 Å². The van der Waals surface area contributed by atoms with Crippen LogP contribution in [0.25, 0.3) is 0 Å². The van der Waals surface area contributed by atoms with E-state index >= 15 is 0 Å². The van der Waals surface area contributed by atoms with Gasteiger partial charge in [-0.3, -0.25) is 4.99 Å². The highest BCUT2D eigenvalue weighted by Gasteiger charge is 2.25. The van der Waals surface area contributed by atoms with Crippen molar-refractivity contribution in [3.8, 4) is 0 Å². The Labute approximate surface area is 177 Å². The number of rotatable bonds is 7. The van der Waals surface area contributed by atoms with Crippen LogP contribution in [-0.4, -0.2) is 69.2 Å². The number of ether oxygens (including phenoxy) is 1. The molecule has 0 radical (unpaired) electrons. The van der Waals surface area contributed by atoms with E-state index in [1.807, 2.05) is 6.92 Å². The zero-order valence-corrected chi connectivity index (χ0v) is 19.3. The second kappa shape index (κ2) is 10.4. The van der Waals surface area contributed by atoms with Gasteiger partial charge in [0.15, 0.2) is 5.96 Å². The molecule has 1 aliphatic rings. The summed E-state index contributed by atoms with van der Waals surface area (Å²) in [6.07, 6.45) is 2.90. The number of aryl methyl sites for hydroxylation is 1. The molecule has 1 unspecified atom stereocenters. The van der Waals surface area contributed by atoms with E-state index in [4.69, 9.17) is 4.74 Å². The van der Waals surface area contributed by atoms with Crippen LogP contribution in [0.5, 0.6) is 0 Å². The molecule has 2 heterocycles. The van der Waals surface area contributed by atoms with Crippen molar-refractivity contribution in [3.63, 3.8) is 0 Å². The predicted molar refractivity (Wildman–Crippen MR) is 115 cm³/mol. The van der Waals surface area contributed by atoms with Gasteiger partial charge in [-0.1, -0.05) is 0 Å². The molecule has 0 aromatic carbocycles. The number of hydrogen-bond donors (Lipinski definition) is 2.